The van der Waals surface area contributed by atoms with E-state index in [2.05, 4.69) is 15.3 Å². The summed E-state index contributed by atoms with van der Waals surface area (Å²) in [5.41, 5.74) is -0.593. The van der Waals surface area contributed by atoms with E-state index in [4.69, 9.17) is 16.9 Å². The highest BCUT2D eigenvalue weighted by Crippen LogP contribution is 2.42. The van der Waals surface area contributed by atoms with E-state index in [1.54, 1.807) is 13.0 Å². The molecule has 35 heavy (non-hydrogen) atoms. The van der Waals surface area contributed by atoms with Gasteiger partial charge in [0.15, 0.2) is 11.5 Å². The van der Waals surface area contributed by atoms with Gasteiger partial charge in [0.25, 0.3) is 0 Å². The molecule has 2 atom stereocenters. The van der Waals surface area contributed by atoms with Gasteiger partial charge in [0, 0.05) is 44.6 Å². The first-order valence-corrected chi connectivity index (χ1v) is 11.9. The van der Waals surface area contributed by atoms with Crippen molar-refractivity contribution in [2.45, 2.75) is 31.2 Å². The molecule has 184 valence electrons. The van der Waals surface area contributed by atoms with Crippen LogP contribution in [0.4, 0.5) is 15.0 Å². The van der Waals surface area contributed by atoms with Crippen LogP contribution in [0, 0.1) is 23.1 Å². The number of nitrogens with zero attached hydrogens (tertiary/aromatic N) is 5. The number of carboxylic acid groups (broad SMARTS) is 1. The van der Waals surface area contributed by atoms with Crippen molar-refractivity contribution in [1.29, 1.82) is 5.26 Å². The Bertz CT molecular complexity index is 1150. The minimum atomic E-state index is -1.36. The van der Waals surface area contributed by atoms with Crippen molar-refractivity contribution in [3.63, 3.8) is 0 Å². The molecule has 0 bridgehead atoms. The summed E-state index contributed by atoms with van der Waals surface area (Å²) < 4.78 is 14.3. The smallest absolute Gasteiger partial charge is 0.408 e. The number of benzene rings is 1. The SMILES string of the molecule is CCN(C(=O)O)[C@]1(C(=O)C2CCN(c3cnc(C#N)cn3)CC2)CNC[C@H]1c1ccc(Cl)c(F)c1. The number of ketones is 1. The van der Waals surface area contributed by atoms with Crippen LogP contribution in [0.3, 0.4) is 0 Å². The van der Waals surface area contributed by atoms with E-state index in [1.807, 2.05) is 11.0 Å². The zero-order chi connectivity index (χ0) is 25.2. The Kier molecular flexibility index (Phi) is 7.19. The van der Waals surface area contributed by atoms with Crippen molar-refractivity contribution in [1.82, 2.24) is 20.2 Å². The summed E-state index contributed by atoms with van der Waals surface area (Å²) in [6, 6.07) is 6.33. The molecule has 0 aliphatic carbocycles. The predicted octanol–water partition coefficient (Wildman–Crippen LogP) is 3.05. The zero-order valence-corrected chi connectivity index (χ0v) is 20.0. The van der Waals surface area contributed by atoms with E-state index in [0.717, 1.165) is 0 Å². The number of carbonyl (C=O) groups excluding carboxylic acids is 1. The fraction of sp³-hybridized carbons (Fsp3) is 0.458. The van der Waals surface area contributed by atoms with Crippen molar-refractivity contribution in [3.05, 3.63) is 52.7 Å². The van der Waals surface area contributed by atoms with Gasteiger partial charge in [-0.15, -0.1) is 0 Å². The third kappa shape index (κ3) is 4.54. The summed E-state index contributed by atoms with van der Waals surface area (Å²) in [5.74, 6) is -1.06. The molecule has 2 N–H and O–H groups in total. The minimum absolute atomic E-state index is 0.0273. The van der Waals surface area contributed by atoms with E-state index in [9.17, 15) is 19.1 Å². The summed E-state index contributed by atoms with van der Waals surface area (Å²) >= 11 is 5.87. The summed E-state index contributed by atoms with van der Waals surface area (Å²) in [5, 5.41) is 22.1. The topological polar surface area (TPSA) is 122 Å². The van der Waals surface area contributed by atoms with Crippen LogP contribution in [-0.2, 0) is 4.79 Å². The van der Waals surface area contributed by atoms with Crippen molar-refractivity contribution in [2.75, 3.05) is 37.6 Å². The largest absolute Gasteiger partial charge is 0.465 e. The Morgan fingerprint density at radius 3 is 2.66 bits per heavy atom. The number of hydrogen-bond acceptors (Lipinski definition) is 7. The second-order valence-corrected chi connectivity index (χ2v) is 9.21. The highest BCUT2D eigenvalue weighted by molar-refractivity contribution is 6.30. The van der Waals surface area contributed by atoms with Crippen LogP contribution in [0.25, 0.3) is 0 Å². The molecular formula is C24H26ClFN6O3. The van der Waals surface area contributed by atoms with Gasteiger partial charge in [-0.05, 0) is 37.5 Å². The Labute approximate surface area is 207 Å². The number of hydrogen-bond donors (Lipinski definition) is 2. The monoisotopic (exact) mass is 500 g/mol. The van der Waals surface area contributed by atoms with Gasteiger partial charge in [-0.25, -0.2) is 19.2 Å². The number of aromatic nitrogens is 2. The van der Waals surface area contributed by atoms with Gasteiger partial charge in [-0.2, -0.15) is 5.26 Å². The van der Waals surface area contributed by atoms with Gasteiger partial charge >= 0.3 is 6.09 Å². The maximum Gasteiger partial charge on any atom is 0.408 e. The van der Waals surface area contributed by atoms with Gasteiger partial charge in [0.05, 0.1) is 17.4 Å². The lowest BCUT2D eigenvalue weighted by atomic mass is 9.71. The van der Waals surface area contributed by atoms with Crippen molar-refractivity contribution >= 4 is 29.3 Å². The molecule has 1 amide bonds. The van der Waals surface area contributed by atoms with E-state index in [0.29, 0.717) is 43.9 Å². The highest BCUT2D eigenvalue weighted by atomic mass is 35.5. The summed E-state index contributed by atoms with van der Waals surface area (Å²) in [6.07, 6.45) is 2.79. The van der Waals surface area contributed by atoms with Gasteiger partial charge in [0.2, 0.25) is 0 Å². The number of nitriles is 1. The molecule has 2 aromatic rings. The number of likely N-dealkylation sites (N-methyl/N-ethyl adjacent to an activating group) is 1. The Morgan fingerprint density at radius 1 is 1.34 bits per heavy atom. The third-order valence-corrected chi connectivity index (χ3v) is 7.37. The highest BCUT2D eigenvalue weighted by Gasteiger charge is 2.56. The molecule has 0 radical (unpaired) electrons. The van der Waals surface area contributed by atoms with E-state index < -0.39 is 23.4 Å². The van der Waals surface area contributed by atoms with Crippen molar-refractivity contribution < 1.29 is 19.1 Å². The van der Waals surface area contributed by atoms with Crippen LogP contribution in [0.15, 0.2) is 30.6 Å². The van der Waals surface area contributed by atoms with Crippen molar-refractivity contribution in [2.24, 2.45) is 5.92 Å². The molecule has 0 saturated carbocycles. The maximum atomic E-state index is 14.3. The molecule has 2 fully saturated rings. The molecular weight excluding hydrogens is 475 g/mol. The van der Waals surface area contributed by atoms with Crippen LogP contribution in [-0.4, -0.2) is 70.1 Å². The van der Waals surface area contributed by atoms with Crippen LogP contribution >= 0.6 is 11.6 Å². The maximum absolute atomic E-state index is 14.3. The standard InChI is InChI=1S/C24H26ClFN6O3/c1-2-32(23(34)35)24(14-28-12-18(24)16-3-4-19(25)20(26)9-16)22(33)15-5-7-31(8-6-15)21-13-29-17(10-27)11-30-21/h3-4,9,11,13,15,18,28H,2,5-8,12,14H2,1H3,(H,34,35)/t18-,24+/m0/s1. The normalized spacial score (nSPS) is 22.6. The fourth-order valence-electron chi connectivity index (χ4n) is 5.35. The number of piperidine rings is 1. The molecule has 3 heterocycles. The number of amides is 1. The van der Waals surface area contributed by atoms with Crippen LogP contribution in [0.2, 0.25) is 5.02 Å². The van der Waals surface area contributed by atoms with E-state index >= 15 is 0 Å². The Morgan fingerprint density at radius 2 is 2.09 bits per heavy atom. The van der Waals surface area contributed by atoms with E-state index in [1.165, 1.54) is 29.4 Å². The van der Waals surface area contributed by atoms with Gasteiger partial charge in [0.1, 0.15) is 23.2 Å². The van der Waals surface area contributed by atoms with Crippen molar-refractivity contribution in [3.8, 4) is 6.07 Å². The van der Waals surface area contributed by atoms with E-state index in [-0.39, 0.29) is 35.5 Å². The molecule has 1 aromatic carbocycles. The lowest BCUT2D eigenvalue weighted by Gasteiger charge is -2.44. The average molecular weight is 501 g/mol. The number of nitrogens with one attached hydrogen (secondary N) is 1. The third-order valence-electron chi connectivity index (χ3n) is 7.06. The van der Waals surface area contributed by atoms with Crippen LogP contribution < -0.4 is 10.2 Å². The average Bonchev–Trinajstić information content (AvgIpc) is 3.31. The number of halogens is 2. The molecule has 11 heteroatoms. The fourth-order valence-corrected chi connectivity index (χ4v) is 5.47. The first kappa shape index (κ1) is 24.8. The second kappa shape index (κ2) is 10.1. The molecule has 2 aliphatic rings. The van der Waals surface area contributed by atoms with Gasteiger partial charge < -0.3 is 15.3 Å². The first-order chi connectivity index (χ1) is 16.8. The van der Waals surface area contributed by atoms with Gasteiger partial charge in [-0.3, -0.25) is 9.69 Å². The second-order valence-electron chi connectivity index (χ2n) is 8.81. The molecule has 9 nitrogen and oxygen atoms in total. The van der Waals surface area contributed by atoms with Gasteiger partial charge in [-0.1, -0.05) is 17.7 Å². The lowest BCUT2D eigenvalue weighted by Crippen LogP contribution is -2.63. The Hall–Kier alpha value is -3.29. The molecule has 1 aromatic heterocycles. The predicted molar refractivity (Wildman–Crippen MR) is 127 cm³/mol. The quantitative estimate of drug-likeness (QED) is 0.620. The van der Waals surface area contributed by atoms with Crippen LogP contribution in [0.5, 0.6) is 0 Å². The molecule has 0 unspecified atom stereocenters. The first-order valence-electron chi connectivity index (χ1n) is 11.5. The lowest BCUT2D eigenvalue weighted by molar-refractivity contribution is -0.135. The summed E-state index contributed by atoms with van der Waals surface area (Å²) in [4.78, 5) is 38.0. The zero-order valence-electron chi connectivity index (χ0n) is 19.2. The Balaban J connectivity index is 1.62. The summed E-state index contributed by atoms with van der Waals surface area (Å²) in [6.45, 7) is 3.40. The van der Waals surface area contributed by atoms with Crippen LogP contribution in [0.1, 0.15) is 36.9 Å². The number of rotatable bonds is 6. The molecule has 2 saturated heterocycles. The number of anilines is 1. The summed E-state index contributed by atoms with van der Waals surface area (Å²) in [7, 11) is 0. The minimum Gasteiger partial charge on any atom is -0.465 e. The molecule has 4 rings (SSSR count). The molecule has 0 spiro atoms. The number of Topliss-reactive ketones (excluding diaryl/α,β-unsaturated/α-hetero) is 1. The molecule has 2 aliphatic heterocycles. The number of carbonyl (C=O) groups is 2.